The number of aliphatic imine (C=N–C) groups is 1. The lowest BCUT2D eigenvalue weighted by Crippen LogP contribution is -2.12. The number of hydrogen-bond donors (Lipinski definition) is 1. The van der Waals surface area contributed by atoms with Crippen molar-refractivity contribution in [3.8, 4) is 6.01 Å². The van der Waals surface area contributed by atoms with Gasteiger partial charge in [0.05, 0.1) is 25.0 Å². The van der Waals surface area contributed by atoms with Crippen molar-refractivity contribution >= 4 is 6.02 Å². The summed E-state index contributed by atoms with van der Waals surface area (Å²) in [7, 11) is 0. The van der Waals surface area contributed by atoms with Gasteiger partial charge in [0.2, 0.25) is 0 Å². The van der Waals surface area contributed by atoms with Gasteiger partial charge in [0.1, 0.15) is 6.61 Å². The highest BCUT2D eigenvalue weighted by Crippen LogP contribution is 2.07. The highest BCUT2D eigenvalue weighted by atomic mass is 19.1. The molecule has 0 saturated carbocycles. The molecular formula is C9H11FN4O2. The zero-order valence-electron chi connectivity index (χ0n) is 8.47. The van der Waals surface area contributed by atoms with Gasteiger partial charge in [-0.15, -0.1) is 0 Å². The zero-order valence-corrected chi connectivity index (χ0v) is 8.47. The standard InChI is InChI=1S/C9H11FN4O2/c10-6-3-12-9(13-4-6)15-2-1-7-5-16-8(11)14-7/h3-4,7H,1-2,5H2,(H2,11,14). The number of nitrogens with two attached hydrogens (primary N) is 1. The first-order chi connectivity index (χ1) is 7.74. The van der Waals surface area contributed by atoms with Gasteiger partial charge in [-0.3, -0.25) is 0 Å². The summed E-state index contributed by atoms with van der Waals surface area (Å²) < 4.78 is 22.6. The highest BCUT2D eigenvalue weighted by Gasteiger charge is 2.16. The van der Waals surface area contributed by atoms with Crippen molar-refractivity contribution in [3.05, 3.63) is 18.2 Å². The fourth-order valence-electron chi connectivity index (χ4n) is 1.25. The molecule has 0 aliphatic carbocycles. The van der Waals surface area contributed by atoms with Crippen molar-refractivity contribution in [2.45, 2.75) is 12.5 Å². The normalized spacial score (nSPS) is 19.1. The number of halogens is 1. The maximum absolute atomic E-state index is 12.5. The SMILES string of the molecule is NC1=NC(CCOc2ncc(F)cn2)CO1. The van der Waals surface area contributed by atoms with Crippen molar-refractivity contribution in [2.75, 3.05) is 13.2 Å². The van der Waals surface area contributed by atoms with Crippen molar-refractivity contribution in [1.29, 1.82) is 0 Å². The van der Waals surface area contributed by atoms with Gasteiger partial charge >= 0.3 is 6.01 Å². The van der Waals surface area contributed by atoms with Crippen LogP contribution >= 0.6 is 0 Å². The van der Waals surface area contributed by atoms with Crippen molar-refractivity contribution in [3.63, 3.8) is 0 Å². The second kappa shape index (κ2) is 4.73. The molecule has 86 valence electrons. The van der Waals surface area contributed by atoms with Crippen LogP contribution in [0.5, 0.6) is 6.01 Å². The Labute approximate surface area is 91.3 Å². The Balaban J connectivity index is 1.74. The minimum Gasteiger partial charge on any atom is -0.463 e. The van der Waals surface area contributed by atoms with Crippen molar-refractivity contribution in [1.82, 2.24) is 9.97 Å². The van der Waals surface area contributed by atoms with Gasteiger partial charge in [-0.2, -0.15) is 0 Å². The van der Waals surface area contributed by atoms with E-state index < -0.39 is 5.82 Å². The predicted octanol–water partition coefficient (Wildman–Crippen LogP) is 0.0981. The van der Waals surface area contributed by atoms with Gasteiger partial charge in [-0.1, -0.05) is 0 Å². The van der Waals surface area contributed by atoms with Crippen LogP contribution in [0.1, 0.15) is 6.42 Å². The third kappa shape index (κ3) is 2.78. The van der Waals surface area contributed by atoms with E-state index in [2.05, 4.69) is 15.0 Å². The molecule has 0 aromatic carbocycles. The molecule has 1 aromatic heterocycles. The van der Waals surface area contributed by atoms with Gasteiger partial charge in [0.25, 0.3) is 6.02 Å². The number of nitrogens with zero attached hydrogens (tertiary/aromatic N) is 3. The lowest BCUT2D eigenvalue weighted by molar-refractivity contribution is 0.250. The summed E-state index contributed by atoms with van der Waals surface area (Å²) in [6.07, 6.45) is 2.76. The predicted molar refractivity (Wildman–Crippen MR) is 53.5 cm³/mol. The van der Waals surface area contributed by atoms with E-state index in [4.69, 9.17) is 15.2 Å². The largest absolute Gasteiger partial charge is 0.463 e. The molecule has 1 aliphatic rings. The lowest BCUT2D eigenvalue weighted by Gasteiger charge is -2.05. The number of amidine groups is 1. The van der Waals surface area contributed by atoms with Crippen molar-refractivity contribution in [2.24, 2.45) is 10.7 Å². The monoisotopic (exact) mass is 226 g/mol. The van der Waals surface area contributed by atoms with Gasteiger partial charge in [-0.05, 0) is 0 Å². The van der Waals surface area contributed by atoms with E-state index in [1.807, 2.05) is 0 Å². The van der Waals surface area contributed by atoms with Crippen LogP contribution in [0, 0.1) is 5.82 Å². The molecule has 0 bridgehead atoms. The summed E-state index contributed by atoms with van der Waals surface area (Å²) in [5, 5.41) is 0. The number of rotatable bonds is 4. The molecule has 2 N–H and O–H groups in total. The topological polar surface area (TPSA) is 82.6 Å². The van der Waals surface area contributed by atoms with Crippen LogP contribution in [0.2, 0.25) is 0 Å². The second-order valence-electron chi connectivity index (χ2n) is 3.25. The summed E-state index contributed by atoms with van der Waals surface area (Å²) in [5.74, 6) is -0.492. The summed E-state index contributed by atoms with van der Waals surface area (Å²) >= 11 is 0. The maximum Gasteiger partial charge on any atom is 0.316 e. The molecule has 1 atom stereocenters. The average molecular weight is 226 g/mol. The summed E-state index contributed by atoms with van der Waals surface area (Å²) in [4.78, 5) is 11.3. The highest BCUT2D eigenvalue weighted by molar-refractivity contribution is 5.72. The van der Waals surface area contributed by atoms with Gasteiger partial charge < -0.3 is 15.2 Å². The van der Waals surface area contributed by atoms with Crippen molar-refractivity contribution < 1.29 is 13.9 Å². The molecule has 1 aliphatic heterocycles. The van der Waals surface area contributed by atoms with Crippen LogP contribution in [0.3, 0.4) is 0 Å². The van der Waals surface area contributed by atoms with E-state index in [1.54, 1.807) is 0 Å². The molecule has 1 unspecified atom stereocenters. The Morgan fingerprint density at radius 3 is 2.88 bits per heavy atom. The Hall–Kier alpha value is -1.92. The molecule has 2 heterocycles. The lowest BCUT2D eigenvalue weighted by atomic mass is 10.2. The maximum atomic E-state index is 12.5. The summed E-state index contributed by atoms with van der Waals surface area (Å²) in [6.45, 7) is 0.857. The van der Waals surface area contributed by atoms with Gasteiger partial charge in [0.15, 0.2) is 5.82 Å². The van der Waals surface area contributed by atoms with Gasteiger partial charge in [0, 0.05) is 6.42 Å². The Bertz CT molecular complexity index is 382. The van der Waals surface area contributed by atoms with E-state index in [9.17, 15) is 4.39 Å². The van der Waals surface area contributed by atoms with E-state index in [0.29, 0.717) is 19.6 Å². The van der Waals surface area contributed by atoms with Crippen LogP contribution in [-0.2, 0) is 4.74 Å². The van der Waals surface area contributed by atoms with Crippen LogP contribution in [0.15, 0.2) is 17.4 Å². The quantitative estimate of drug-likeness (QED) is 0.787. The van der Waals surface area contributed by atoms with Crippen LogP contribution in [0.25, 0.3) is 0 Å². The van der Waals surface area contributed by atoms with E-state index >= 15 is 0 Å². The smallest absolute Gasteiger partial charge is 0.316 e. The first-order valence-electron chi connectivity index (χ1n) is 4.80. The fourth-order valence-corrected chi connectivity index (χ4v) is 1.25. The molecule has 2 rings (SSSR count). The van der Waals surface area contributed by atoms with Crippen LogP contribution < -0.4 is 10.5 Å². The van der Waals surface area contributed by atoms with Gasteiger partial charge in [-0.25, -0.2) is 19.4 Å². The Kier molecular flexibility index (Phi) is 3.13. The summed E-state index contributed by atoms with van der Waals surface area (Å²) in [6, 6.07) is 0.376. The Morgan fingerprint density at radius 1 is 1.50 bits per heavy atom. The molecule has 16 heavy (non-hydrogen) atoms. The third-order valence-electron chi connectivity index (χ3n) is 2.01. The molecular weight excluding hydrogens is 215 g/mol. The molecule has 7 heteroatoms. The summed E-state index contributed by atoms with van der Waals surface area (Å²) in [5.41, 5.74) is 5.35. The first-order valence-corrected chi connectivity index (χ1v) is 4.80. The third-order valence-corrected chi connectivity index (χ3v) is 2.01. The number of aromatic nitrogens is 2. The number of hydrogen-bond acceptors (Lipinski definition) is 6. The van der Waals surface area contributed by atoms with E-state index in [0.717, 1.165) is 12.4 Å². The van der Waals surface area contributed by atoms with E-state index in [1.165, 1.54) is 0 Å². The Morgan fingerprint density at radius 2 is 2.25 bits per heavy atom. The molecule has 1 aromatic rings. The molecule has 0 fully saturated rings. The van der Waals surface area contributed by atoms with Crippen LogP contribution in [0.4, 0.5) is 4.39 Å². The molecule has 6 nitrogen and oxygen atoms in total. The number of ether oxygens (including phenoxy) is 2. The first kappa shape index (κ1) is 10.6. The minimum absolute atomic E-state index is 0.0143. The second-order valence-corrected chi connectivity index (χ2v) is 3.25. The van der Waals surface area contributed by atoms with E-state index in [-0.39, 0.29) is 18.1 Å². The molecule has 0 spiro atoms. The molecule has 0 radical (unpaired) electrons. The zero-order chi connectivity index (χ0) is 11.4. The molecule has 0 amide bonds. The minimum atomic E-state index is -0.492. The average Bonchev–Trinajstić information content (AvgIpc) is 2.67. The fraction of sp³-hybridized carbons (Fsp3) is 0.444. The van der Waals surface area contributed by atoms with Crippen LogP contribution in [-0.4, -0.2) is 35.2 Å². The molecule has 0 saturated heterocycles.